The quantitative estimate of drug-likeness (QED) is 0.677. The summed E-state index contributed by atoms with van der Waals surface area (Å²) in [6.45, 7) is 1.92. The first-order chi connectivity index (χ1) is 9.13. The Kier molecular flexibility index (Phi) is 3.71. The number of nitrogen functional groups attached to an aromatic ring is 1. The van der Waals surface area contributed by atoms with Crippen LogP contribution >= 0.6 is 0 Å². The van der Waals surface area contributed by atoms with E-state index in [1.165, 1.54) is 7.11 Å². The molecular weight excluding hydrogens is 242 g/mol. The van der Waals surface area contributed by atoms with Gasteiger partial charge in [-0.2, -0.15) is 0 Å². The van der Waals surface area contributed by atoms with Gasteiger partial charge in [0, 0.05) is 0 Å². The molecule has 0 unspecified atom stereocenters. The molecule has 4 nitrogen and oxygen atoms in total. The predicted octanol–water partition coefficient (Wildman–Crippen LogP) is 3.16. The van der Waals surface area contributed by atoms with Crippen molar-refractivity contribution in [2.75, 3.05) is 12.8 Å². The van der Waals surface area contributed by atoms with Gasteiger partial charge in [-0.25, -0.2) is 4.79 Å². The summed E-state index contributed by atoms with van der Waals surface area (Å²) in [6.07, 6.45) is 0. The molecule has 0 aliphatic carbocycles. The minimum Gasteiger partial charge on any atom is -0.465 e. The lowest BCUT2D eigenvalue weighted by Crippen LogP contribution is -2.06. The molecule has 0 bridgehead atoms. The molecule has 0 aliphatic heterocycles. The summed E-state index contributed by atoms with van der Waals surface area (Å²) in [5, 5.41) is 0. The van der Waals surface area contributed by atoms with Gasteiger partial charge in [0.25, 0.3) is 0 Å². The topological polar surface area (TPSA) is 61.5 Å². The van der Waals surface area contributed by atoms with Crippen LogP contribution in [0, 0.1) is 6.92 Å². The van der Waals surface area contributed by atoms with E-state index in [2.05, 4.69) is 0 Å². The molecular formula is C15H15NO3. The van der Waals surface area contributed by atoms with Crippen molar-refractivity contribution in [2.45, 2.75) is 6.92 Å². The number of para-hydroxylation sites is 2. The maximum absolute atomic E-state index is 11.7. The summed E-state index contributed by atoms with van der Waals surface area (Å²) >= 11 is 0. The fourth-order valence-corrected chi connectivity index (χ4v) is 1.72. The van der Waals surface area contributed by atoms with Crippen LogP contribution in [0.25, 0.3) is 0 Å². The number of hydrogen-bond acceptors (Lipinski definition) is 4. The zero-order valence-corrected chi connectivity index (χ0v) is 10.8. The molecule has 2 aromatic carbocycles. The molecule has 0 saturated heterocycles. The van der Waals surface area contributed by atoms with Gasteiger partial charge in [-0.1, -0.05) is 24.3 Å². The first-order valence-electron chi connectivity index (χ1n) is 5.83. The van der Waals surface area contributed by atoms with Crippen molar-refractivity contribution in [3.05, 3.63) is 53.6 Å². The van der Waals surface area contributed by atoms with Crippen LogP contribution in [0.3, 0.4) is 0 Å². The molecule has 0 atom stereocenters. The van der Waals surface area contributed by atoms with Crippen LogP contribution in [-0.2, 0) is 4.74 Å². The zero-order chi connectivity index (χ0) is 13.8. The molecule has 4 heteroatoms. The number of rotatable bonds is 3. The highest BCUT2D eigenvalue weighted by atomic mass is 16.5. The van der Waals surface area contributed by atoms with Gasteiger partial charge in [0.2, 0.25) is 0 Å². The summed E-state index contributed by atoms with van der Waals surface area (Å²) in [5.41, 5.74) is 7.54. The molecule has 0 fully saturated rings. The minimum atomic E-state index is -0.476. The van der Waals surface area contributed by atoms with E-state index in [4.69, 9.17) is 15.2 Å². The highest BCUT2D eigenvalue weighted by Gasteiger charge is 2.16. The van der Waals surface area contributed by atoms with Gasteiger partial charge in [-0.05, 0) is 30.7 Å². The third kappa shape index (κ3) is 2.68. The summed E-state index contributed by atoms with van der Waals surface area (Å²) in [6, 6.07) is 12.5. The van der Waals surface area contributed by atoms with Crippen molar-refractivity contribution in [2.24, 2.45) is 0 Å². The number of ether oxygens (including phenoxy) is 2. The van der Waals surface area contributed by atoms with E-state index < -0.39 is 5.97 Å². The van der Waals surface area contributed by atoms with Crippen LogP contribution in [0.1, 0.15) is 15.9 Å². The number of methoxy groups -OCH3 is 1. The number of carbonyl (C=O) groups is 1. The van der Waals surface area contributed by atoms with Crippen molar-refractivity contribution in [3.63, 3.8) is 0 Å². The number of aryl methyl sites for hydroxylation is 1. The number of esters is 1. The van der Waals surface area contributed by atoms with E-state index >= 15 is 0 Å². The summed E-state index contributed by atoms with van der Waals surface area (Å²) in [4.78, 5) is 11.7. The Bertz CT molecular complexity index is 608. The lowest BCUT2D eigenvalue weighted by Gasteiger charge is -2.13. The van der Waals surface area contributed by atoms with Crippen LogP contribution in [0.5, 0.6) is 11.5 Å². The number of anilines is 1. The molecule has 0 saturated carbocycles. The van der Waals surface area contributed by atoms with Gasteiger partial charge in [0.15, 0.2) is 5.75 Å². The summed E-state index contributed by atoms with van der Waals surface area (Å²) < 4.78 is 10.5. The minimum absolute atomic E-state index is 0.311. The third-order valence-electron chi connectivity index (χ3n) is 2.76. The normalized spacial score (nSPS) is 10.0. The third-order valence-corrected chi connectivity index (χ3v) is 2.76. The highest BCUT2D eigenvalue weighted by molar-refractivity contribution is 5.94. The Hall–Kier alpha value is -2.49. The number of hydrogen-bond donors (Lipinski definition) is 1. The van der Waals surface area contributed by atoms with Crippen molar-refractivity contribution in [1.29, 1.82) is 0 Å². The molecule has 98 valence electrons. The van der Waals surface area contributed by atoms with E-state index in [-0.39, 0.29) is 0 Å². The van der Waals surface area contributed by atoms with E-state index in [9.17, 15) is 4.79 Å². The molecule has 19 heavy (non-hydrogen) atoms. The fraction of sp³-hybridized carbons (Fsp3) is 0.133. The summed E-state index contributed by atoms with van der Waals surface area (Å²) in [5.74, 6) is 0.505. The van der Waals surface area contributed by atoms with Crippen molar-refractivity contribution in [3.8, 4) is 11.5 Å². The maximum Gasteiger partial charge on any atom is 0.341 e. The first kappa shape index (κ1) is 13.0. The van der Waals surface area contributed by atoms with E-state index in [1.54, 1.807) is 18.2 Å². The van der Waals surface area contributed by atoms with Crippen molar-refractivity contribution in [1.82, 2.24) is 0 Å². The molecule has 2 rings (SSSR count). The van der Waals surface area contributed by atoms with E-state index in [1.807, 2.05) is 31.2 Å². The monoisotopic (exact) mass is 257 g/mol. The van der Waals surface area contributed by atoms with E-state index in [0.717, 1.165) is 5.56 Å². The Morgan fingerprint density at radius 1 is 1.11 bits per heavy atom. The van der Waals surface area contributed by atoms with Crippen LogP contribution in [0.2, 0.25) is 0 Å². The van der Waals surface area contributed by atoms with Crippen LogP contribution in [-0.4, -0.2) is 13.1 Å². The van der Waals surface area contributed by atoms with Gasteiger partial charge in [0.1, 0.15) is 11.3 Å². The Labute approximate surface area is 111 Å². The van der Waals surface area contributed by atoms with Crippen molar-refractivity contribution < 1.29 is 14.3 Å². The van der Waals surface area contributed by atoms with Crippen LogP contribution in [0.15, 0.2) is 42.5 Å². The molecule has 0 amide bonds. The van der Waals surface area contributed by atoms with Gasteiger partial charge >= 0.3 is 5.97 Å². The van der Waals surface area contributed by atoms with Crippen LogP contribution < -0.4 is 10.5 Å². The highest BCUT2D eigenvalue weighted by Crippen LogP contribution is 2.33. The second-order valence-electron chi connectivity index (χ2n) is 4.08. The molecule has 0 radical (unpaired) electrons. The first-order valence-corrected chi connectivity index (χ1v) is 5.83. The number of nitrogens with two attached hydrogens (primary N) is 1. The van der Waals surface area contributed by atoms with E-state index in [0.29, 0.717) is 22.7 Å². The molecule has 0 aliphatic rings. The van der Waals surface area contributed by atoms with Gasteiger partial charge < -0.3 is 15.2 Å². The maximum atomic E-state index is 11.7. The summed E-state index contributed by atoms with van der Waals surface area (Å²) in [7, 11) is 1.32. The largest absolute Gasteiger partial charge is 0.465 e. The predicted molar refractivity (Wildman–Crippen MR) is 73.4 cm³/mol. The smallest absolute Gasteiger partial charge is 0.341 e. The Morgan fingerprint density at radius 2 is 1.84 bits per heavy atom. The van der Waals surface area contributed by atoms with Gasteiger partial charge in [-0.3, -0.25) is 0 Å². The molecule has 0 spiro atoms. The molecule has 2 aromatic rings. The SMILES string of the molecule is COC(=O)c1cccc(N)c1Oc1ccccc1C. The van der Waals surface area contributed by atoms with Gasteiger partial charge in [0.05, 0.1) is 12.8 Å². The van der Waals surface area contributed by atoms with Crippen molar-refractivity contribution >= 4 is 11.7 Å². The second kappa shape index (κ2) is 5.44. The standard InChI is InChI=1S/C15H15NO3/c1-10-6-3-4-9-13(10)19-14-11(15(17)18-2)7-5-8-12(14)16/h3-9H,16H2,1-2H3. The fourth-order valence-electron chi connectivity index (χ4n) is 1.72. The second-order valence-corrected chi connectivity index (χ2v) is 4.08. The molecule has 0 heterocycles. The van der Waals surface area contributed by atoms with Crippen LogP contribution in [0.4, 0.5) is 5.69 Å². The Balaban J connectivity index is 2.45. The Morgan fingerprint density at radius 3 is 2.53 bits per heavy atom. The lowest BCUT2D eigenvalue weighted by molar-refractivity contribution is 0.0598. The zero-order valence-electron chi connectivity index (χ0n) is 10.8. The molecule has 0 aromatic heterocycles. The lowest BCUT2D eigenvalue weighted by atomic mass is 10.1. The number of carbonyl (C=O) groups excluding carboxylic acids is 1. The average Bonchev–Trinajstić information content (AvgIpc) is 2.42. The molecule has 2 N–H and O–H groups in total. The number of benzene rings is 2. The van der Waals surface area contributed by atoms with Gasteiger partial charge in [-0.15, -0.1) is 0 Å². The average molecular weight is 257 g/mol.